The molecule has 0 aliphatic heterocycles. The van der Waals surface area contributed by atoms with Gasteiger partial charge in [0.15, 0.2) is 23.0 Å². The largest absolute Gasteiger partial charge is 0.493 e. The summed E-state index contributed by atoms with van der Waals surface area (Å²) >= 11 is 0. The number of nitrogens with zero attached hydrogens (tertiary/aromatic N) is 1. The number of benzene rings is 3. The molecule has 1 saturated carbocycles. The van der Waals surface area contributed by atoms with Gasteiger partial charge in [0.2, 0.25) is 0 Å². The molecular weight excluding hydrogens is 498 g/mol. The number of anilines is 1. The summed E-state index contributed by atoms with van der Waals surface area (Å²) in [6.07, 6.45) is 4.71. The van der Waals surface area contributed by atoms with E-state index in [0.717, 1.165) is 24.2 Å². The van der Waals surface area contributed by atoms with Gasteiger partial charge in [-0.05, 0) is 85.8 Å². The minimum absolute atomic E-state index is 0.205. The standard InChI is InChI=1S/C30H35N3O6/c1-33(31-19-20-9-15-26(37-3)28(17-20)39-24-7-5-6-8-24)30(35)21-10-13-23(14-11-21)32-29(34)22-12-16-25(36-2)27(18-22)38-4/h9-18,24,31H,5-8,19H2,1-4H3,(H,32,34). The van der Waals surface area contributed by atoms with E-state index < -0.39 is 0 Å². The second kappa shape index (κ2) is 13.0. The molecule has 206 valence electrons. The maximum Gasteiger partial charge on any atom is 0.267 e. The summed E-state index contributed by atoms with van der Waals surface area (Å²) < 4.78 is 22.1. The molecule has 0 bridgehead atoms. The van der Waals surface area contributed by atoms with Crippen molar-refractivity contribution >= 4 is 17.5 Å². The highest BCUT2D eigenvalue weighted by atomic mass is 16.5. The Morgan fingerprint density at radius 2 is 1.41 bits per heavy atom. The molecular formula is C30H35N3O6. The smallest absolute Gasteiger partial charge is 0.267 e. The van der Waals surface area contributed by atoms with Crippen molar-refractivity contribution in [1.82, 2.24) is 10.4 Å². The minimum Gasteiger partial charge on any atom is -0.493 e. The molecule has 0 heterocycles. The lowest BCUT2D eigenvalue weighted by Crippen LogP contribution is -2.39. The third kappa shape index (κ3) is 7.00. The molecule has 0 spiro atoms. The Hall–Kier alpha value is -4.24. The molecule has 3 aromatic rings. The second-order valence-corrected chi connectivity index (χ2v) is 9.31. The highest BCUT2D eigenvalue weighted by Gasteiger charge is 2.19. The van der Waals surface area contributed by atoms with Gasteiger partial charge in [-0.3, -0.25) is 14.6 Å². The first-order valence-electron chi connectivity index (χ1n) is 12.9. The zero-order valence-corrected chi connectivity index (χ0v) is 22.8. The predicted octanol–water partition coefficient (Wildman–Crippen LogP) is 5.06. The van der Waals surface area contributed by atoms with Gasteiger partial charge in [-0.15, -0.1) is 0 Å². The van der Waals surface area contributed by atoms with Gasteiger partial charge in [0.25, 0.3) is 11.8 Å². The molecule has 39 heavy (non-hydrogen) atoms. The van der Waals surface area contributed by atoms with Gasteiger partial charge in [-0.2, -0.15) is 0 Å². The SMILES string of the molecule is COc1ccc(C(=O)Nc2ccc(C(=O)N(C)NCc3ccc(OC)c(OC4CCCC4)c3)cc2)cc1OC. The van der Waals surface area contributed by atoms with Gasteiger partial charge in [-0.1, -0.05) is 6.07 Å². The molecule has 9 heteroatoms. The summed E-state index contributed by atoms with van der Waals surface area (Å²) in [6.45, 7) is 0.437. The molecule has 1 aliphatic rings. The van der Waals surface area contributed by atoms with Crippen molar-refractivity contribution in [2.75, 3.05) is 33.7 Å². The van der Waals surface area contributed by atoms with Crippen molar-refractivity contribution in [3.05, 3.63) is 77.4 Å². The Bertz CT molecular complexity index is 1290. The Morgan fingerprint density at radius 3 is 2.08 bits per heavy atom. The average Bonchev–Trinajstić information content (AvgIpc) is 3.48. The van der Waals surface area contributed by atoms with Crippen molar-refractivity contribution in [1.29, 1.82) is 0 Å². The molecule has 2 amide bonds. The number of carbonyl (C=O) groups is 2. The first-order valence-corrected chi connectivity index (χ1v) is 12.9. The Kier molecular flexibility index (Phi) is 9.27. The topological polar surface area (TPSA) is 98.4 Å². The number of methoxy groups -OCH3 is 3. The summed E-state index contributed by atoms with van der Waals surface area (Å²) in [6, 6.07) is 17.5. The molecule has 0 atom stereocenters. The first-order chi connectivity index (χ1) is 18.9. The maximum absolute atomic E-state index is 13.0. The number of rotatable bonds is 11. The van der Waals surface area contributed by atoms with E-state index in [9.17, 15) is 9.59 Å². The van der Waals surface area contributed by atoms with Crippen LogP contribution >= 0.6 is 0 Å². The fourth-order valence-corrected chi connectivity index (χ4v) is 4.46. The van der Waals surface area contributed by atoms with Gasteiger partial charge in [0, 0.05) is 30.4 Å². The molecule has 2 N–H and O–H groups in total. The van der Waals surface area contributed by atoms with Crippen LogP contribution in [0.4, 0.5) is 5.69 Å². The third-order valence-electron chi connectivity index (χ3n) is 6.68. The van der Waals surface area contributed by atoms with E-state index in [2.05, 4.69) is 10.7 Å². The van der Waals surface area contributed by atoms with Gasteiger partial charge in [-0.25, -0.2) is 5.43 Å². The number of carbonyl (C=O) groups excluding carboxylic acids is 2. The lowest BCUT2D eigenvalue weighted by atomic mass is 10.1. The van der Waals surface area contributed by atoms with Crippen LogP contribution in [0.2, 0.25) is 0 Å². The monoisotopic (exact) mass is 533 g/mol. The van der Waals surface area contributed by atoms with Crippen LogP contribution in [-0.2, 0) is 6.54 Å². The molecule has 0 aromatic heterocycles. The zero-order valence-electron chi connectivity index (χ0n) is 22.8. The van der Waals surface area contributed by atoms with Crippen LogP contribution in [0.3, 0.4) is 0 Å². The van der Waals surface area contributed by atoms with Crippen molar-refractivity contribution in [3.63, 3.8) is 0 Å². The van der Waals surface area contributed by atoms with E-state index in [1.807, 2.05) is 18.2 Å². The van der Waals surface area contributed by atoms with Crippen LogP contribution in [0.1, 0.15) is 52.0 Å². The minimum atomic E-state index is -0.301. The number of hydrazine groups is 1. The summed E-state index contributed by atoms with van der Waals surface area (Å²) in [7, 11) is 6.36. The van der Waals surface area contributed by atoms with Crippen LogP contribution in [0.15, 0.2) is 60.7 Å². The lowest BCUT2D eigenvalue weighted by Gasteiger charge is -2.20. The fraction of sp³-hybridized carbons (Fsp3) is 0.333. The van der Waals surface area contributed by atoms with E-state index in [1.54, 1.807) is 56.6 Å². The summed E-state index contributed by atoms with van der Waals surface area (Å²) in [5.74, 6) is 1.93. The first kappa shape index (κ1) is 27.8. The van der Waals surface area contributed by atoms with Gasteiger partial charge in [0.05, 0.1) is 27.4 Å². The molecule has 4 rings (SSSR count). The number of ether oxygens (including phenoxy) is 4. The number of amides is 2. The van der Waals surface area contributed by atoms with E-state index in [0.29, 0.717) is 40.6 Å². The van der Waals surface area contributed by atoms with E-state index in [1.165, 1.54) is 32.1 Å². The average molecular weight is 534 g/mol. The van der Waals surface area contributed by atoms with Crippen molar-refractivity contribution in [2.24, 2.45) is 0 Å². The van der Waals surface area contributed by atoms with Crippen LogP contribution < -0.4 is 29.7 Å². The van der Waals surface area contributed by atoms with Gasteiger partial charge < -0.3 is 24.3 Å². The lowest BCUT2D eigenvalue weighted by molar-refractivity contribution is 0.0712. The van der Waals surface area contributed by atoms with Crippen LogP contribution in [0, 0.1) is 0 Å². The molecule has 0 radical (unpaired) electrons. The highest BCUT2D eigenvalue weighted by molar-refractivity contribution is 6.05. The number of hydrogen-bond acceptors (Lipinski definition) is 7. The summed E-state index contributed by atoms with van der Waals surface area (Å²) in [4.78, 5) is 25.6. The van der Waals surface area contributed by atoms with Crippen LogP contribution in [0.25, 0.3) is 0 Å². The number of nitrogens with one attached hydrogen (secondary N) is 2. The third-order valence-corrected chi connectivity index (χ3v) is 6.68. The Morgan fingerprint density at radius 1 is 0.795 bits per heavy atom. The maximum atomic E-state index is 13.0. The molecule has 3 aromatic carbocycles. The fourth-order valence-electron chi connectivity index (χ4n) is 4.46. The van der Waals surface area contributed by atoms with Crippen molar-refractivity contribution < 1.29 is 28.5 Å². The Labute approximate surface area is 229 Å². The quantitative estimate of drug-likeness (QED) is 0.332. The normalized spacial score (nSPS) is 13.0. The van der Waals surface area contributed by atoms with E-state index in [4.69, 9.17) is 18.9 Å². The molecule has 0 saturated heterocycles. The van der Waals surface area contributed by atoms with Crippen LogP contribution in [-0.4, -0.2) is 51.3 Å². The molecule has 1 aliphatic carbocycles. The summed E-state index contributed by atoms with van der Waals surface area (Å²) in [5, 5.41) is 4.27. The van der Waals surface area contributed by atoms with E-state index >= 15 is 0 Å². The molecule has 9 nitrogen and oxygen atoms in total. The Balaban J connectivity index is 1.33. The van der Waals surface area contributed by atoms with E-state index in [-0.39, 0.29) is 17.9 Å². The van der Waals surface area contributed by atoms with Crippen molar-refractivity contribution in [3.8, 4) is 23.0 Å². The van der Waals surface area contributed by atoms with Gasteiger partial charge in [0.1, 0.15) is 0 Å². The second-order valence-electron chi connectivity index (χ2n) is 9.31. The predicted molar refractivity (Wildman–Crippen MR) is 149 cm³/mol. The molecule has 0 unspecified atom stereocenters. The van der Waals surface area contributed by atoms with Crippen LogP contribution in [0.5, 0.6) is 23.0 Å². The number of hydrogen-bond donors (Lipinski definition) is 2. The highest BCUT2D eigenvalue weighted by Crippen LogP contribution is 2.32. The summed E-state index contributed by atoms with van der Waals surface area (Å²) in [5.41, 5.74) is 5.58. The zero-order chi connectivity index (χ0) is 27.8. The molecule has 1 fully saturated rings. The van der Waals surface area contributed by atoms with Gasteiger partial charge >= 0.3 is 0 Å². The van der Waals surface area contributed by atoms with Crippen molar-refractivity contribution in [2.45, 2.75) is 38.3 Å².